The number of ether oxygens (including phenoxy) is 1. The van der Waals surface area contributed by atoms with Crippen LogP contribution in [0.25, 0.3) is 10.8 Å². The summed E-state index contributed by atoms with van der Waals surface area (Å²) in [6.07, 6.45) is 19.2. The summed E-state index contributed by atoms with van der Waals surface area (Å²) in [5, 5.41) is 2.56. The second-order valence-electron chi connectivity index (χ2n) is 8.37. The summed E-state index contributed by atoms with van der Waals surface area (Å²) in [6, 6.07) is 15.1. The molecule has 0 aliphatic carbocycles. The van der Waals surface area contributed by atoms with Crippen LogP contribution in [0.5, 0.6) is 0 Å². The lowest BCUT2D eigenvalue weighted by Crippen LogP contribution is -2.13. The number of fused-ring (bicyclic) bond motifs is 1. The van der Waals surface area contributed by atoms with Gasteiger partial charge in [0.2, 0.25) is 0 Å². The van der Waals surface area contributed by atoms with Crippen LogP contribution >= 0.6 is 0 Å². The molecule has 0 N–H and O–H groups in total. The molecule has 3 aromatic rings. The van der Waals surface area contributed by atoms with Gasteiger partial charge in [-0.05, 0) is 22.8 Å². The molecule has 2 aromatic carbocycles. The summed E-state index contributed by atoms with van der Waals surface area (Å²) in [5.74, 6) is 0. The molecule has 0 saturated heterocycles. The summed E-state index contributed by atoms with van der Waals surface area (Å²) in [7, 11) is 0. The lowest BCUT2D eigenvalue weighted by molar-refractivity contribution is 0.0389. The van der Waals surface area contributed by atoms with Crippen LogP contribution in [0.1, 0.15) is 82.8 Å². The molecule has 0 bridgehead atoms. The first-order valence-electron chi connectivity index (χ1n) is 11.9. The zero-order chi connectivity index (χ0) is 20.9. The molecule has 162 valence electrons. The van der Waals surface area contributed by atoms with Crippen LogP contribution in [-0.4, -0.2) is 16.2 Å². The Hall–Kier alpha value is -2.13. The molecule has 0 saturated carbocycles. The monoisotopic (exact) mass is 406 g/mol. The van der Waals surface area contributed by atoms with Crippen LogP contribution in [0.3, 0.4) is 0 Å². The predicted molar refractivity (Wildman–Crippen MR) is 127 cm³/mol. The maximum absolute atomic E-state index is 6.43. The fourth-order valence-corrected chi connectivity index (χ4v) is 4.17. The zero-order valence-electron chi connectivity index (χ0n) is 18.6. The highest BCUT2D eigenvalue weighted by atomic mass is 16.5. The fourth-order valence-electron chi connectivity index (χ4n) is 4.17. The third-order valence-electron chi connectivity index (χ3n) is 5.92. The van der Waals surface area contributed by atoms with E-state index in [-0.39, 0.29) is 6.10 Å². The molecule has 3 rings (SSSR count). The lowest BCUT2D eigenvalue weighted by Gasteiger charge is -2.21. The number of imidazole rings is 1. The quantitative estimate of drug-likeness (QED) is 0.242. The van der Waals surface area contributed by atoms with Crippen molar-refractivity contribution in [3.63, 3.8) is 0 Å². The minimum absolute atomic E-state index is 0.0452. The zero-order valence-corrected chi connectivity index (χ0v) is 18.6. The first-order chi connectivity index (χ1) is 14.9. The minimum Gasteiger partial charge on any atom is -0.372 e. The molecule has 0 spiro atoms. The number of benzene rings is 2. The van der Waals surface area contributed by atoms with E-state index in [0.29, 0.717) is 0 Å². The Morgan fingerprint density at radius 1 is 0.833 bits per heavy atom. The largest absolute Gasteiger partial charge is 0.372 e. The first-order valence-corrected chi connectivity index (χ1v) is 11.9. The Balaban J connectivity index is 1.46. The van der Waals surface area contributed by atoms with Crippen molar-refractivity contribution < 1.29 is 4.74 Å². The molecule has 1 heterocycles. The van der Waals surface area contributed by atoms with Gasteiger partial charge in [0.25, 0.3) is 0 Å². The predicted octanol–water partition coefficient (Wildman–Crippen LogP) is 7.72. The van der Waals surface area contributed by atoms with Gasteiger partial charge in [-0.1, -0.05) is 107 Å². The van der Waals surface area contributed by atoms with Crippen molar-refractivity contribution >= 4 is 10.8 Å². The van der Waals surface area contributed by atoms with Gasteiger partial charge in [0, 0.05) is 19.0 Å². The van der Waals surface area contributed by atoms with Crippen LogP contribution in [0.15, 0.2) is 61.2 Å². The summed E-state index contributed by atoms with van der Waals surface area (Å²) < 4.78 is 8.55. The number of nitrogens with zero attached hydrogens (tertiary/aromatic N) is 2. The molecule has 1 aromatic heterocycles. The average Bonchev–Trinajstić information content (AvgIpc) is 3.29. The Bertz CT molecular complexity index is 823. The average molecular weight is 407 g/mol. The summed E-state index contributed by atoms with van der Waals surface area (Å²) >= 11 is 0. The number of rotatable bonds is 15. The van der Waals surface area contributed by atoms with Crippen molar-refractivity contribution in [2.24, 2.45) is 0 Å². The second-order valence-corrected chi connectivity index (χ2v) is 8.37. The normalized spacial score (nSPS) is 12.4. The molecule has 0 amide bonds. The number of hydrogen-bond donors (Lipinski definition) is 0. The molecular weight excluding hydrogens is 368 g/mol. The van der Waals surface area contributed by atoms with Crippen molar-refractivity contribution in [3.05, 3.63) is 66.7 Å². The van der Waals surface area contributed by atoms with Crippen molar-refractivity contribution in [2.45, 2.75) is 83.8 Å². The van der Waals surface area contributed by atoms with Gasteiger partial charge in [-0.25, -0.2) is 4.98 Å². The van der Waals surface area contributed by atoms with Gasteiger partial charge in [0.1, 0.15) is 6.10 Å². The molecule has 0 radical (unpaired) electrons. The minimum atomic E-state index is 0.0452. The smallest absolute Gasteiger partial charge is 0.101 e. The topological polar surface area (TPSA) is 27.1 Å². The third kappa shape index (κ3) is 7.28. The van der Waals surface area contributed by atoms with Crippen LogP contribution < -0.4 is 0 Å². The van der Waals surface area contributed by atoms with E-state index < -0.39 is 0 Å². The number of hydrogen-bond acceptors (Lipinski definition) is 2. The molecule has 3 nitrogen and oxygen atoms in total. The third-order valence-corrected chi connectivity index (χ3v) is 5.92. The van der Waals surface area contributed by atoms with Crippen LogP contribution in [0.2, 0.25) is 0 Å². The van der Waals surface area contributed by atoms with Crippen LogP contribution in [-0.2, 0) is 11.3 Å². The van der Waals surface area contributed by atoms with E-state index in [4.69, 9.17) is 4.74 Å². The van der Waals surface area contributed by atoms with Crippen LogP contribution in [0, 0.1) is 0 Å². The molecule has 1 unspecified atom stereocenters. The molecule has 0 aliphatic heterocycles. The summed E-state index contributed by atoms with van der Waals surface area (Å²) in [4.78, 5) is 4.20. The molecule has 3 heteroatoms. The maximum atomic E-state index is 6.43. The van der Waals surface area contributed by atoms with Gasteiger partial charge in [-0.2, -0.15) is 0 Å². The van der Waals surface area contributed by atoms with E-state index in [0.717, 1.165) is 19.6 Å². The highest BCUT2D eigenvalue weighted by Crippen LogP contribution is 2.28. The highest BCUT2D eigenvalue weighted by Gasteiger charge is 2.15. The Labute approximate surface area is 182 Å². The van der Waals surface area contributed by atoms with E-state index in [1.807, 2.05) is 18.7 Å². The number of unbranched alkanes of at least 4 members (excludes halogenated alkanes) is 9. The number of aromatic nitrogens is 2. The van der Waals surface area contributed by atoms with Crippen molar-refractivity contribution in [2.75, 3.05) is 6.61 Å². The van der Waals surface area contributed by atoms with E-state index in [1.165, 1.54) is 74.1 Å². The molecule has 30 heavy (non-hydrogen) atoms. The standard InChI is InChI=1S/C27H38N2O/c1-2-3-4-5-6-7-8-9-10-13-21-30-27(22-29-20-19-28-23-29)26-18-14-16-24-15-11-12-17-25(24)26/h11-12,14-20,23,27H,2-10,13,21-22H2,1H3. The second kappa shape index (κ2) is 13.2. The first kappa shape index (κ1) is 22.6. The van der Waals surface area contributed by atoms with E-state index in [9.17, 15) is 0 Å². The van der Waals surface area contributed by atoms with Gasteiger partial charge < -0.3 is 9.30 Å². The van der Waals surface area contributed by atoms with Crippen molar-refractivity contribution in [1.29, 1.82) is 0 Å². The summed E-state index contributed by atoms with van der Waals surface area (Å²) in [5.41, 5.74) is 1.27. The van der Waals surface area contributed by atoms with Crippen LogP contribution in [0.4, 0.5) is 0 Å². The fraction of sp³-hybridized carbons (Fsp3) is 0.519. The maximum Gasteiger partial charge on any atom is 0.101 e. The Morgan fingerprint density at radius 2 is 1.53 bits per heavy atom. The molecule has 1 atom stereocenters. The Morgan fingerprint density at radius 3 is 2.27 bits per heavy atom. The lowest BCUT2D eigenvalue weighted by atomic mass is 10.00. The molecular formula is C27H38N2O. The summed E-state index contributed by atoms with van der Waals surface area (Å²) in [6.45, 7) is 3.90. The van der Waals surface area contributed by atoms with E-state index >= 15 is 0 Å². The SMILES string of the molecule is CCCCCCCCCCCCOC(Cn1ccnc1)c1cccc2ccccc12. The molecule has 0 fully saturated rings. The van der Waals surface area contributed by atoms with Gasteiger partial charge >= 0.3 is 0 Å². The van der Waals surface area contributed by atoms with Gasteiger partial charge in [-0.15, -0.1) is 0 Å². The van der Waals surface area contributed by atoms with Crippen molar-refractivity contribution in [3.8, 4) is 0 Å². The van der Waals surface area contributed by atoms with E-state index in [1.54, 1.807) is 0 Å². The molecule has 0 aliphatic rings. The van der Waals surface area contributed by atoms with E-state index in [2.05, 4.69) is 58.9 Å². The van der Waals surface area contributed by atoms with Gasteiger partial charge in [0.15, 0.2) is 0 Å². The van der Waals surface area contributed by atoms with Crippen molar-refractivity contribution in [1.82, 2.24) is 9.55 Å². The Kier molecular flexibility index (Phi) is 9.94. The highest BCUT2D eigenvalue weighted by molar-refractivity contribution is 5.85. The van der Waals surface area contributed by atoms with Gasteiger partial charge in [0.05, 0.1) is 12.9 Å². The van der Waals surface area contributed by atoms with Gasteiger partial charge in [-0.3, -0.25) is 0 Å².